The van der Waals surface area contributed by atoms with Gasteiger partial charge in [0.05, 0.1) is 0 Å². The molecule has 0 spiro atoms. The Morgan fingerprint density at radius 3 is 2.00 bits per heavy atom. The highest BCUT2D eigenvalue weighted by molar-refractivity contribution is 4.76. The van der Waals surface area contributed by atoms with E-state index in [1.54, 1.807) is 0 Å². The van der Waals surface area contributed by atoms with E-state index >= 15 is 0 Å². The van der Waals surface area contributed by atoms with Crippen molar-refractivity contribution in [1.82, 2.24) is 0 Å². The van der Waals surface area contributed by atoms with Crippen LogP contribution in [0.15, 0.2) is 0 Å². The minimum atomic E-state index is -0.499. The van der Waals surface area contributed by atoms with Gasteiger partial charge in [-0.25, -0.2) is 4.39 Å². The molecule has 0 bridgehead atoms. The standard InChI is InChI=1S/C11H21F/c1-11(2,3)8-9-4-6-10(12)7-5-9/h9-10H,4-8H2,1-3H3. The van der Waals surface area contributed by atoms with Crippen molar-refractivity contribution in [3.8, 4) is 0 Å². The molecule has 0 unspecified atom stereocenters. The number of hydrogen-bond acceptors (Lipinski definition) is 0. The van der Waals surface area contributed by atoms with E-state index in [1.165, 1.54) is 6.42 Å². The van der Waals surface area contributed by atoms with Crippen molar-refractivity contribution >= 4 is 0 Å². The molecule has 0 heterocycles. The fourth-order valence-electron chi connectivity index (χ4n) is 2.19. The van der Waals surface area contributed by atoms with Crippen molar-refractivity contribution in [2.75, 3.05) is 0 Å². The van der Waals surface area contributed by atoms with Crippen LogP contribution in [0.4, 0.5) is 4.39 Å². The Hall–Kier alpha value is -0.0700. The zero-order chi connectivity index (χ0) is 9.19. The first-order valence-corrected chi connectivity index (χ1v) is 5.11. The Morgan fingerprint density at radius 2 is 1.58 bits per heavy atom. The predicted octanol–water partition coefficient (Wildman–Crippen LogP) is 3.95. The zero-order valence-corrected chi connectivity index (χ0v) is 8.57. The van der Waals surface area contributed by atoms with Crippen molar-refractivity contribution in [2.24, 2.45) is 11.3 Å². The first kappa shape index (κ1) is 10.0. The SMILES string of the molecule is CC(C)(C)CC1CCC(F)CC1. The first-order valence-electron chi connectivity index (χ1n) is 5.11. The third-order valence-corrected chi connectivity index (χ3v) is 2.68. The average Bonchev–Trinajstić information content (AvgIpc) is 1.91. The highest BCUT2D eigenvalue weighted by Crippen LogP contribution is 2.34. The maximum atomic E-state index is 12.8. The van der Waals surface area contributed by atoms with Crippen LogP contribution in [0, 0.1) is 11.3 Å². The summed E-state index contributed by atoms with van der Waals surface area (Å²) in [6.45, 7) is 6.82. The van der Waals surface area contributed by atoms with Crippen molar-refractivity contribution in [3.63, 3.8) is 0 Å². The molecule has 1 aliphatic carbocycles. The molecule has 1 saturated carbocycles. The Morgan fingerprint density at radius 1 is 1.08 bits per heavy atom. The van der Waals surface area contributed by atoms with Crippen molar-refractivity contribution in [2.45, 2.75) is 59.0 Å². The number of hydrogen-bond donors (Lipinski definition) is 0. The molecular weight excluding hydrogens is 151 g/mol. The van der Waals surface area contributed by atoms with Gasteiger partial charge in [-0.2, -0.15) is 0 Å². The van der Waals surface area contributed by atoms with Gasteiger partial charge in [0.2, 0.25) is 0 Å². The molecule has 1 fully saturated rings. The smallest absolute Gasteiger partial charge is 0.100 e. The van der Waals surface area contributed by atoms with Gasteiger partial charge in [-0.15, -0.1) is 0 Å². The van der Waals surface area contributed by atoms with E-state index in [9.17, 15) is 4.39 Å². The lowest BCUT2D eigenvalue weighted by Gasteiger charge is -2.30. The molecule has 1 aliphatic rings. The van der Waals surface area contributed by atoms with Gasteiger partial charge < -0.3 is 0 Å². The van der Waals surface area contributed by atoms with Crippen LogP contribution < -0.4 is 0 Å². The lowest BCUT2D eigenvalue weighted by Crippen LogP contribution is -2.20. The van der Waals surface area contributed by atoms with E-state index in [2.05, 4.69) is 20.8 Å². The monoisotopic (exact) mass is 172 g/mol. The van der Waals surface area contributed by atoms with Gasteiger partial charge in [-0.1, -0.05) is 20.8 Å². The summed E-state index contributed by atoms with van der Waals surface area (Å²) in [7, 11) is 0. The summed E-state index contributed by atoms with van der Waals surface area (Å²) in [6.07, 6.45) is 4.60. The van der Waals surface area contributed by atoms with Crippen LogP contribution in [0.3, 0.4) is 0 Å². The van der Waals surface area contributed by atoms with Gasteiger partial charge in [-0.05, 0) is 43.4 Å². The van der Waals surface area contributed by atoms with Gasteiger partial charge in [0.25, 0.3) is 0 Å². The van der Waals surface area contributed by atoms with E-state index in [4.69, 9.17) is 0 Å². The quantitative estimate of drug-likeness (QED) is 0.561. The first-order chi connectivity index (χ1) is 5.47. The molecule has 72 valence electrons. The summed E-state index contributed by atoms with van der Waals surface area (Å²) >= 11 is 0. The van der Waals surface area contributed by atoms with E-state index in [0.29, 0.717) is 5.41 Å². The van der Waals surface area contributed by atoms with Crippen LogP contribution in [0.1, 0.15) is 52.9 Å². The Kier molecular flexibility index (Phi) is 3.14. The van der Waals surface area contributed by atoms with Crippen LogP contribution in [-0.2, 0) is 0 Å². The second kappa shape index (κ2) is 3.76. The Labute approximate surface area is 75.5 Å². The van der Waals surface area contributed by atoms with Crippen LogP contribution in [0.2, 0.25) is 0 Å². The second-order valence-corrected chi connectivity index (χ2v) is 5.38. The molecule has 0 aliphatic heterocycles. The highest BCUT2D eigenvalue weighted by Gasteiger charge is 2.24. The Bertz CT molecular complexity index is 126. The van der Waals surface area contributed by atoms with Crippen molar-refractivity contribution in [3.05, 3.63) is 0 Å². The molecule has 1 rings (SSSR count). The van der Waals surface area contributed by atoms with Crippen LogP contribution in [0.5, 0.6) is 0 Å². The van der Waals surface area contributed by atoms with Gasteiger partial charge >= 0.3 is 0 Å². The molecule has 0 aromatic rings. The number of alkyl halides is 1. The third-order valence-electron chi connectivity index (χ3n) is 2.68. The number of rotatable bonds is 1. The van der Waals surface area contributed by atoms with Crippen LogP contribution in [-0.4, -0.2) is 6.17 Å². The average molecular weight is 172 g/mol. The molecule has 0 aromatic heterocycles. The lowest BCUT2D eigenvalue weighted by molar-refractivity contribution is 0.170. The maximum Gasteiger partial charge on any atom is 0.100 e. The van der Waals surface area contributed by atoms with E-state index in [1.807, 2.05) is 0 Å². The summed E-state index contributed by atoms with van der Waals surface area (Å²) in [4.78, 5) is 0. The highest BCUT2D eigenvalue weighted by atomic mass is 19.1. The molecule has 1 heteroatoms. The van der Waals surface area contributed by atoms with Crippen molar-refractivity contribution in [1.29, 1.82) is 0 Å². The van der Waals surface area contributed by atoms with Gasteiger partial charge in [0, 0.05) is 0 Å². The predicted molar refractivity (Wildman–Crippen MR) is 50.9 cm³/mol. The van der Waals surface area contributed by atoms with Gasteiger partial charge in [0.15, 0.2) is 0 Å². The topological polar surface area (TPSA) is 0 Å². The Balaban J connectivity index is 2.26. The molecule has 0 nitrogen and oxygen atoms in total. The molecule has 0 amide bonds. The molecule has 0 aromatic carbocycles. The van der Waals surface area contributed by atoms with E-state index < -0.39 is 6.17 Å². The maximum absolute atomic E-state index is 12.8. The normalized spacial score (nSPS) is 32.0. The molecule has 12 heavy (non-hydrogen) atoms. The van der Waals surface area contributed by atoms with Crippen LogP contribution >= 0.6 is 0 Å². The molecule has 0 saturated heterocycles. The molecule has 0 radical (unpaired) electrons. The minimum Gasteiger partial charge on any atom is -0.247 e. The van der Waals surface area contributed by atoms with Crippen LogP contribution in [0.25, 0.3) is 0 Å². The van der Waals surface area contributed by atoms with Gasteiger partial charge in [0.1, 0.15) is 6.17 Å². The fraction of sp³-hybridized carbons (Fsp3) is 1.00. The second-order valence-electron chi connectivity index (χ2n) is 5.38. The molecular formula is C11H21F. The van der Waals surface area contributed by atoms with Gasteiger partial charge in [-0.3, -0.25) is 0 Å². The third kappa shape index (κ3) is 3.55. The summed E-state index contributed by atoms with van der Waals surface area (Å²) in [5, 5.41) is 0. The summed E-state index contributed by atoms with van der Waals surface area (Å²) in [5.41, 5.74) is 0.424. The summed E-state index contributed by atoms with van der Waals surface area (Å²) < 4.78 is 12.8. The summed E-state index contributed by atoms with van der Waals surface area (Å²) in [6, 6.07) is 0. The molecule has 0 N–H and O–H groups in total. The minimum absolute atomic E-state index is 0.424. The fourth-order valence-corrected chi connectivity index (χ4v) is 2.19. The zero-order valence-electron chi connectivity index (χ0n) is 8.57. The van der Waals surface area contributed by atoms with E-state index in [0.717, 1.165) is 31.6 Å². The largest absolute Gasteiger partial charge is 0.247 e. The molecule has 0 atom stereocenters. The summed E-state index contributed by atoms with van der Waals surface area (Å²) in [5.74, 6) is 0.789. The van der Waals surface area contributed by atoms with Crippen molar-refractivity contribution < 1.29 is 4.39 Å². The van der Waals surface area contributed by atoms with E-state index in [-0.39, 0.29) is 0 Å². The lowest BCUT2D eigenvalue weighted by atomic mass is 9.77. The number of halogens is 1.